The molecule has 2 rings (SSSR count). The fourth-order valence-electron chi connectivity index (χ4n) is 2.88. The second kappa shape index (κ2) is 6.20. The molecule has 0 aliphatic carbocycles. The smallest absolute Gasteiger partial charge is 0.0875 e. The van der Waals surface area contributed by atoms with Gasteiger partial charge in [0, 0.05) is 12.4 Å². The van der Waals surface area contributed by atoms with Gasteiger partial charge >= 0.3 is 0 Å². The van der Waals surface area contributed by atoms with Crippen LogP contribution in [0.25, 0.3) is 10.9 Å². The maximum Gasteiger partial charge on any atom is 0.0875 e. The fraction of sp³-hybridized carbons (Fsp3) is 0.562. The van der Waals surface area contributed by atoms with Gasteiger partial charge in [-0.2, -0.15) is 5.10 Å². The Kier molecular flexibility index (Phi) is 4.59. The largest absolute Gasteiger partial charge is 0.309 e. The molecule has 0 fully saturated rings. The van der Waals surface area contributed by atoms with Crippen molar-refractivity contribution in [3.8, 4) is 0 Å². The Morgan fingerprint density at radius 3 is 2.68 bits per heavy atom. The molecule has 1 heterocycles. The third-order valence-corrected chi connectivity index (χ3v) is 3.82. The number of nitrogens with one attached hydrogen (secondary N) is 1. The van der Waals surface area contributed by atoms with Crippen LogP contribution in [0.5, 0.6) is 0 Å². The lowest BCUT2D eigenvalue weighted by Crippen LogP contribution is -2.27. The molecule has 2 atom stereocenters. The summed E-state index contributed by atoms with van der Waals surface area (Å²) in [6, 6.07) is 8.84. The summed E-state index contributed by atoms with van der Waals surface area (Å²) in [4.78, 5) is 0. The highest BCUT2D eigenvalue weighted by Gasteiger charge is 2.23. The van der Waals surface area contributed by atoms with Crippen molar-refractivity contribution in [2.75, 3.05) is 6.54 Å². The standard InChI is InChI=1S/C16H25N3/c1-5-9-12(3)15(17-6-2)16-13-10-7-8-11-14(13)19(4)18-16/h7-8,10-12,15,17H,5-6,9H2,1-4H3. The molecular formula is C16H25N3. The molecule has 3 nitrogen and oxygen atoms in total. The van der Waals surface area contributed by atoms with Crippen molar-refractivity contribution >= 4 is 10.9 Å². The lowest BCUT2D eigenvalue weighted by atomic mass is 9.93. The quantitative estimate of drug-likeness (QED) is 0.858. The number of fused-ring (bicyclic) bond motifs is 1. The van der Waals surface area contributed by atoms with E-state index in [0.29, 0.717) is 12.0 Å². The van der Waals surface area contributed by atoms with Gasteiger partial charge in [-0.15, -0.1) is 0 Å². The van der Waals surface area contributed by atoms with Gasteiger partial charge in [0.25, 0.3) is 0 Å². The van der Waals surface area contributed by atoms with E-state index in [1.807, 2.05) is 11.7 Å². The lowest BCUT2D eigenvalue weighted by molar-refractivity contribution is 0.362. The Morgan fingerprint density at radius 1 is 1.26 bits per heavy atom. The van der Waals surface area contributed by atoms with Gasteiger partial charge in [-0.1, -0.05) is 45.4 Å². The number of rotatable bonds is 6. The van der Waals surface area contributed by atoms with E-state index in [1.54, 1.807) is 0 Å². The normalized spacial score (nSPS) is 14.7. The minimum absolute atomic E-state index is 0.344. The molecule has 2 unspecified atom stereocenters. The van der Waals surface area contributed by atoms with Crippen molar-refractivity contribution in [3.05, 3.63) is 30.0 Å². The number of para-hydroxylation sites is 1. The third-order valence-electron chi connectivity index (χ3n) is 3.82. The van der Waals surface area contributed by atoms with Gasteiger partial charge < -0.3 is 5.32 Å². The number of aromatic nitrogens is 2. The molecular weight excluding hydrogens is 234 g/mol. The first kappa shape index (κ1) is 14.1. The highest BCUT2D eigenvalue weighted by atomic mass is 15.3. The van der Waals surface area contributed by atoms with E-state index in [-0.39, 0.29) is 0 Å². The van der Waals surface area contributed by atoms with Gasteiger partial charge in [0.2, 0.25) is 0 Å². The van der Waals surface area contributed by atoms with Crippen molar-refractivity contribution in [1.29, 1.82) is 0 Å². The fourth-order valence-corrected chi connectivity index (χ4v) is 2.88. The number of hydrogen-bond acceptors (Lipinski definition) is 2. The summed E-state index contributed by atoms with van der Waals surface area (Å²) in [6.07, 6.45) is 2.44. The first-order chi connectivity index (χ1) is 9.19. The highest BCUT2D eigenvalue weighted by Crippen LogP contribution is 2.30. The molecule has 0 bridgehead atoms. The second-order valence-corrected chi connectivity index (χ2v) is 5.33. The zero-order chi connectivity index (χ0) is 13.8. The predicted octanol–water partition coefficient (Wildman–Crippen LogP) is 3.66. The summed E-state index contributed by atoms with van der Waals surface area (Å²) < 4.78 is 1.99. The Morgan fingerprint density at radius 2 is 2.00 bits per heavy atom. The number of nitrogens with zero attached hydrogens (tertiary/aromatic N) is 2. The molecule has 1 aromatic carbocycles. The molecule has 2 aromatic rings. The van der Waals surface area contributed by atoms with Gasteiger partial charge in [0.1, 0.15) is 0 Å². The van der Waals surface area contributed by atoms with Crippen LogP contribution in [0, 0.1) is 5.92 Å². The first-order valence-corrected chi connectivity index (χ1v) is 7.34. The molecule has 104 valence electrons. The second-order valence-electron chi connectivity index (χ2n) is 5.33. The molecule has 0 radical (unpaired) electrons. The summed E-state index contributed by atoms with van der Waals surface area (Å²) in [6.45, 7) is 7.71. The van der Waals surface area contributed by atoms with Crippen molar-refractivity contribution in [1.82, 2.24) is 15.1 Å². The van der Waals surface area contributed by atoms with Crippen LogP contribution in [0.3, 0.4) is 0 Å². The summed E-state index contributed by atoms with van der Waals surface area (Å²) in [5.41, 5.74) is 2.41. The van der Waals surface area contributed by atoms with E-state index in [2.05, 4.69) is 50.4 Å². The summed E-state index contributed by atoms with van der Waals surface area (Å²) in [5.74, 6) is 0.600. The topological polar surface area (TPSA) is 29.9 Å². The van der Waals surface area contributed by atoms with Crippen molar-refractivity contribution in [2.45, 2.75) is 39.7 Å². The Balaban J connectivity index is 2.44. The molecule has 1 aromatic heterocycles. The molecule has 0 saturated heterocycles. The van der Waals surface area contributed by atoms with Gasteiger partial charge in [0.15, 0.2) is 0 Å². The van der Waals surface area contributed by atoms with E-state index in [0.717, 1.165) is 6.54 Å². The molecule has 0 aliphatic rings. The number of benzene rings is 1. The minimum atomic E-state index is 0.344. The lowest BCUT2D eigenvalue weighted by Gasteiger charge is -2.23. The van der Waals surface area contributed by atoms with Crippen molar-refractivity contribution in [3.63, 3.8) is 0 Å². The van der Waals surface area contributed by atoms with Crippen molar-refractivity contribution < 1.29 is 0 Å². The van der Waals surface area contributed by atoms with Crippen LogP contribution in [0.4, 0.5) is 0 Å². The molecule has 0 saturated carbocycles. The van der Waals surface area contributed by atoms with Crippen LogP contribution in [0.15, 0.2) is 24.3 Å². The summed E-state index contributed by atoms with van der Waals surface area (Å²) >= 11 is 0. The monoisotopic (exact) mass is 259 g/mol. The van der Waals surface area contributed by atoms with Gasteiger partial charge in [0.05, 0.1) is 17.3 Å². The maximum absolute atomic E-state index is 4.77. The Hall–Kier alpha value is -1.35. The van der Waals surface area contributed by atoms with E-state index in [4.69, 9.17) is 5.10 Å². The van der Waals surface area contributed by atoms with Crippen LogP contribution in [0.1, 0.15) is 45.3 Å². The van der Waals surface area contributed by atoms with E-state index in [9.17, 15) is 0 Å². The SMILES string of the molecule is CCCC(C)C(NCC)c1nn(C)c2ccccc12. The van der Waals surface area contributed by atoms with Gasteiger partial charge in [-0.3, -0.25) is 4.68 Å². The van der Waals surface area contributed by atoms with Crippen molar-refractivity contribution in [2.24, 2.45) is 13.0 Å². The predicted molar refractivity (Wildman–Crippen MR) is 81.2 cm³/mol. The first-order valence-electron chi connectivity index (χ1n) is 7.34. The zero-order valence-electron chi connectivity index (χ0n) is 12.5. The van der Waals surface area contributed by atoms with E-state index < -0.39 is 0 Å². The van der Waals surface area contributed by atoms with Crippen LogP contribution in [-0.4, -0.2) is 16.3 Å². The zero-order valence-corrected chi connectivity index (χ0v) is 12.5. The van der Waals surface area contributed by atoms with Crippen LogP contribution in [0.2, 0.25) is 0 Å². The average molecular weight is 259 g/mol. The average Bonchev–Trinajstić information content (AvgIpc) is 2.74. The maximum atomic E-state index is 4.77. The molecule has 1 N–H and O–H groups in total. The summed E-state index contributed by atoms with van der Waals surface area (Å²) in [7, 11) is 2.03. The highest BCUT2D eigenvalue weighted by molar-refractivity contribution is 5.82. The molecule has 3 heteroatoms. The molecule has 19 heavy (non-hydrogen) atoms. The molecule has 0 amide bonds. The van der Waals surface area contributed by atoms with E-state index >= 15 is 0 Å². The van der Waals surface area contributed by atoms with Gasteiger partial charge in [-0.25, -0.2) is 0 Å². The number of hydrogen-bond donors (Lipinski definition) is 1. The molecule has 0 spiro atoms. The Bertz CT molecular complexity index is 530. The van der Waals surface area contributed by atoms with E-state index in [1.165, 1.54) is 29.4 Å². The molecule has 0 aliphatic heterocycles. The van der Waals surface area contributed by atoms with Crippen LogP contribution >= 0.6 is 0 Å². The van der Waals surface area contributed by atoms with Crippen LogP contribution < -0.4 is 5.32 Å². The number of aryl methyl sites for hydroxylation is 1. The minimum Gasteiger partial charge on any atom is -0.309 e. The van der Waals surface area contributed by atoms with Crippen LogP contribution in [-0.2, 0) is 7.05 Å². The third kappa shape index (κ3) is 2.81. The summed E-state index contributed by atoms with van der Waals surface area (Å²) in [5, 5.41) is 9.66. The Labute approximate surface area is 116 Å². The van der Waals surface area contributed by atoms with Gasteiger partial charge in [-0.05, 0) is 24.9 Å².